The first-order chi connectivity index (χ1) is 15.5. The van der Waals surface area contributed by atoms with Crippen molar-refractivity contribution in [3.63, 3.8) is 0 Å². The van der Waals surface area contributed by atoms with Gasteiger partial charge >= 0.3 is 0 Å². The maximum absolute atomic E-state index is 6.14. The Morgan fingerprint density at radius 3 is 2.06 bits per heavy atom. The third-order valence-electron chi connectivity index (χ3n) is 4.30. The van der Waals surface area contributed by atoms with Crippen LogP contribution in [0.3, 0.4) is 0 Å². The number of aryl methyl sites for hydroxylation is 2. The molecule has 9 heteroatoms. The Labute approximate surface area is 211 Å². The Morgan fingerprint density at radius 2 is 1.44 bits per heavy atom. The van der Waals surface area contributed by atoms with Crippen molar-refractivity contribution in [2.45, 2.75) is 46.0 Å². The maximum Gasteiger partial charge on any atom is 0.138 e. The van der Waals surface area contributed by atoms with Crippen LogP contribution in [0.5, 0.6) is 11.5 Å². The van der Waals surface area contributed by atoms with E-state index in [2.05, 4.69) is 19.0 Å². The largest absolute Gasteiger partial charge is 0.493 e. The van der Waals surface area contributed by atoms with Crippen LogP contribution in [0.4, 0.5) is 0 Å². The fraction of sp³-hybridized carbons (Fsp3) is 0.522. The van der Waals surface area contributed by atoms with Gasteiger partial charge in [-0.1, -0.05) is 65.4 Å². The summed E-state index contributed by atoms with van der Waals surface area (Å²) in [6, 6.07) is 4.04. The number of ether oxygens (including phenoxy) is 3. The normalized spacial score (nSPS) is 10.8. The first-order valence-corrected chi connectivity index (χ1v) is 12.1. The van der Waals surface area contributed by atoms with Crippen molar-refractivity contribution in [1.82, 2.24) is 0 Å². The first-order valence-electron chi connectivity index (χ1n) is 10.6. The lowest BCUT2D eigenvalue weighted by Gasteiger charge is -2.17. The van der Waals surface area contributed by atoms with Crippen LogP contribution in [0.15, 0.2) is 38.4 Å². The van der Waals surface area contributed by atoms with Gasteiger partial charge < -0.3 is 19.0 Å². The number of benzene rings is 1. The van der Waals surface area contributed by atoms with Crippen molar-refractivity contribution in [2.75, 3.05) is 33.0 Å². The second kappa shape index (κ2) is 18.3. The second-order valence-electron chi connectivity index (χ2n) is 6.64. The molecule has 0 unspecified atom stereocenters. The van der Waals surface area contributed by atoms with Crippen molar-refractivity contribution in [1.29, 1.82) is 0 Å². The number of oxime groups is 1. The topological polar surface area (TPSA) is 49.3 Å². The molecule has 0 aromatic heterocycles. The predicted molar refractivity (Wildman–Crippen MR) is 135 cm³/mol. The van der Waals surface area contributed by atoms with Gasteiger partial charge in [-0.05, 0) is 67.5 Å². The lowest BCUT2D eigenvalue weighted by Crippen LogP contribution is -2.05. The zero-order chi connectivity index (χ0) is 23.6. The van der Waals surface area contributed by atoms with Crippen LogP contribution in [-0.4, -0.2) is 39.2 Å². The summed E-state index contributed by atoms with van der Waals surface area (Å²) in [5, 5.41) is 3.73. The van der Waals surface area contributed by atoms with Crippen molar-refractivity contribution in [2.24, 2.45) is 5.16 Å². The van der Waals surface area contributed by atoms with Crippen molar-refractivity contribution >= 4 is 52.6 Å². The molecule has 1 aromatic carbocycles. The van der Waals surface area contributed by atoms with Crippen molar-refractivity contribution in [3.05, 3.63) is 44.4 Å². The molecule has 0 N–H and O–H groups in total. The summed E-state index contributed by atoms with van der Waals surface area (Å²) in [5.74, 6) is 1.76. The minimum Gasteiger partial charge on any atom is -0.493 e. The van der Waals surface area contributed by atoms with Crippen molar-refractivity contribution < 1.29 is 19.0 Å². The number of unbranched alkanes of at least 4 members (excludes halogenated alkanes) is 2. The quantitative estimate of drug-likeness (QED) is 0.120. The molecule has 0 saturated carbocycles. The Balaban J connectivity index is 2.31. The van der Waals surface area contributed by atoms with Crippen LogP contribution in [0.2, 0.25) is 0 Å². The van der Waals surface area contributed by atoms with Gasteiger partial charge in [0.05, 0.1) is 19.4 Å². The van der Waals surface area contributed by atoms with Crippen molar-refractivity contribution in [3.8, 4) is 11.5 Å². The summed E-state index contributed by atoms with van der Waals surface area (Å²) < 4.78 is 17.7. The molecule has 0 atom stereocenters. The molecule has 0 spiro atoms. The van der Waals surface area contributed by atoms with E-state index in [0.717, 1.165) is 54.7 Å². The van der Waals surface area contributed by atoms with Gasteiger partial charge in [0, 0.05) is 6.61 Å². The van der Waals surface area contributed by atoms with Gasteiger partial charge in [-0.25, -0.2) is 0 Å². The molecule has 1 rings (SSSR count). The summed E-state index contributed by atoms with van der Waals surface area (Å²) in [6.07, 6.45) is 9.33. The van der Waals surface area contributed by atoms with E-state index in [0.29, 0.717) is 26.4 Å². The summed E-state index contributed by atoms with van der Waals surface area (Å²) in [7, 11) is 0. The number of nitrogens with zero attached hydrogens (tertiary/aromatic N) is 1. The van der Waals surface area contributed by atoms with Crippen LogP contribution in [-0.2, 0) is 22.4 Å². The highest BCUT2D eigenvalue weighted by Crippen LogP contribution is 2.31. The Hall–Kier alpha value is -1.11. The van der Waals surface area contributed by atoms with Crippen LogP contribution in [0.25, 0.3) is 0 Å². The van der Waals surface area contributed by atoms with E-state index >= 15 is 0 Å². The molecule has 0 bridgehead atoms. The molecule has 0 aliphatic heterocycles. The smallest absolute Gasteiger partial charge is 0.138 e. The Morgan fingerprint density at radius 1 is 0.812 bits per heavy atom. The predicted octanol–water partition coefficient (Wildman–Crippen LogP) is 7.40. The molecule has 1 aromatic rings. The molecular weight excluding hydrogens is 496 g/mol. The van der Waals surface area contributed by atoms with E-state index < -0.39 is 0 Å². The van der Waals surface area contributed by atoms with Gasteiger partial charge in [0.2, 0.25) is 0 Å². The van der Waals surface area contributed by atoms with Gasteiger partial charge in [0.25, 0.3) is 0 Å². The monoisotopic (exact) mass is 525 g/mol. The van der Waals surface area contributed by atoms with Crippen LogP contribution in [0, 0.1) is 0 Å². The highest BCUT2D eigenvalue weighted by atomic mass is 35.5. The van der Waals surface area contributed by atoms with E-state index in [-0.39, 0.29) is 15.6 Å². The fourth-order valence-electron chi connectivity index (χ4n) is 2.74. The molecule has 180 valence electrons. The molecule has 0 fully saturated rings. The van der Waals surface area contributed by atoms with E-state index in [1.807, 2.05) is 12.1 Å². The number of rotatable bonds is 17. The maximum atomic E-state index is 6.14. The minimum atomic E-state index is 0.157. The number of hydrogen-bond donors (Lipinski definition) is 0. The molecule has 0 heterocycles. The van der Waals surface area contributed by atoms with Crippen LogP contribution >= 0.6 is 46.4 Å². The lowest BCUT2D eigenvalue weighted by molar-refractivity contribution is 0.152. The van der Waals surface area contributed by atoms with E-state index in [1.165, 1.54) is 6.08 Å². The average Bonchev–Trinajstić information content (AvgIpc) is 2.76. The zero-order valence-corrected chi connectivity index (χ0v) is 21.6. The SMILES string of the molecule is CCc1cc(OCC=C(Cl)Cl)cc(CC)c1OCCCCCOCC=NOCC=C(Cl)Cl. The van der Waals surface area contributed by atoms with Gasteiger partial charge in [0.15, 0.2) is 0 Å². The lowest BCUT2D eigenvalue weighted by atomic mass is 10.0. The average molecular weight is 527 g/mol. The first kappa shape index (κ1) is 28.9. The fourth-order valence-corrected chi connectivity index (χ4v) is 2.99. The highest BCUT2D eigenvalue weighted by Gasteiger charge is 2.11. The van der Waals surface area contributed by atoms with Gasteiger partial charge in [0.1, 0.15) is 33.7 Å². The van der Waals surface area contributed by atoms with Gasteiger partial charge in [-0.3, -0.25) is 0 Å². The summed E-state index contributed by atoms with van der Waals surface area (Å²) in [4.78, 5) is 4.93. The summed E-state index contributed by atoms with van der Waals surface area (Å²) in [6.45, 7) is 6.50. The molecule has 0 amide bonds. The second-order valence-corrected chi connectivity index (χ2v) is 8.66. The number of halogens is 4. The minimum absolute atomic E-state index is 0.157. The van der Waals surface area contributed by atoms with E-state index in [9.17, 15) is 0 Å². The van der Waals surface area contributed by atoms with Gasteiger partial charge in [-0.15, -0.1) is 0 Å². The Kier molecular flexibility index (Phi) is 16.6. The van der Waals surface area contributed by atoms with Crippen LogP contribution < -0.4 is 9.47 Å². The molecule has 0 saturated heterocycles. The van der Waals surface area contributed by atoms with E-state index in [4.69, 9.17) is 65.5 Å². The third kappa shape index (κ3) is 13.4. The molecule has 32 heavy (non-hydrogen) atoms. The molecule has 0 aliphatic carbocycles. The molecule has 0 aliphatic rings. The standard InChI is InChI=1S/C23H31Cl4NO4/c1-3-18-16-20(30-13-8-21(24)25)17-19(4-2)23(18)31-12-7-5-6-11-29-15-10-28-32-14-9-22(26)27/h8-10,16-17H,3-7,11-15H2,1-2H3. The summed E-state index contributed by atoms with van der Waals surface area (Å²) >= 11 is 22.2. The van der Waals surface area contributed by atoms with E-state index in [1.54, 1.807) is 12.3 Å². The Bertz CT molecular complexity index is 721. The van der Waals surface area contributed by atoms with Gasteiger partial charge in [-0.2, -0.15) is 0 Å². The number of hydrogen-bond acceptors (Lipinski definition) is 5. The third-order valence-corrected chi connectivity index (χ3v) is 4.92. The zero-order valence-electron chi connectivity index (χ0n) is 18.5. The summed E-state index contributed by atoms with van der Waals surface area (Å²) in [5.41, 5.74) is 2.27. The van der Waals surface area contributed by atoms with Crippen LogP contribution in [0.1, 0.15) is 44.2 Å². The molecule has 0 radical (unpaired) electrons. The molecular formula is C23H31Cl4NO4. The molecule has 5 nitrogen and oxygen atoms in total. The highest BCUT2D eigenvalue weighted by molar-refractivity contribution is 6.56.